The van der Waals surface area contributed by atoms with Gasteiger partial charge in [-0.1, -0.05) is 41.9 Å². The molecule has 3 aromatic rings. The Balaban J connectivity index is 1.70. The molecule has 5 nitrogen and oxygen atoms in total. The predicted octanol–water partition coefficient (Wildman–Crippen LogP) is 5.17. The van der Waals surface area contributed by atoms with Gasteiger partial charge in [0.2, 0.25) is 0 Å². The van der Waals surface area contributed by atoms with E-state index in [0.717, 1.165) is 28.9 Å². The van der Waals surface area contributed by atoms with Crippen LogP contribution in [0.15, 0.2) is 66.9 Å². The molecule has 156 valence electrons. The van der Waals surface area contributed by atoms with E-state index in [0.29, 0.717) is 31.3 Å². The van der Waals surface area contributed by atoms with Crippen molar-refractivity contribution in [3.8, 4) is 5.69 Å². The molecule has 0 radical (unpaired) electrons. The van der Waals surface area contributed by atoms with E-state index in [2.05, 4.69) is 34.3 Å². The molecule has 6 heteroatoms. The Morgan fingerprint density at radius 1 is 1.13 bits per heavy atom. The molecule has 30 heavy (non-hydrogen) atoms. The minimum absolute atomic E-state index is 0.0871. The van der Waals surface area contributed by atoms with E-state index in [-0.39, 0.29) is 12.1 Å². The molecule has 2 aromatic carbocycles. The van der Waals surface area contributed by atoms with Crippen molar-refractivity contribution < 1.29 is 9.53 Å². The zero-order valence-electron chi connectivity index (χ0n) is 17.1. The van der Waals surface area contributed by atoms with Gasteiger partial charge in [0, 0.05) is 36.7 Å². The molecule has 1 aliphatic rings. The summed E-state index contributed by atoms with van der Waals surface area (Å²) in [5.74, 6) is 0. The molecule has 2 heterocycles. The average molecular weight is 424 g/mol. The van der Waals surface area contributed by atoms with E-state index in [1.807, 2.05) is 54.3 Å². The number of hydrogen-bond acceptors (Lipinski definition) is 2. The lowest BCUT2D eigenvalue weighted by Crippen LogP contribution is -2.42. The van der Waals surface area contributed by atoms with Gasteiger partial charge in [0.15, 0.2) is 0 Å². The molecule has 0 saturated heterocycles. The molecule has 1 unspecified atom stereocenters. The van der Waals surface area contributed by atoms with Crippen LogP contribution in [0.1, 0.15) is 36.2 Å². The molecule has 1 aliphatic heterocycles. The van der Waals surface area contributed by atoms with Crippen LogP contribution in [0.4, 0.5) is 4.79 Å². The third-order valence-corrected chi connectivity index (χ3v) is 5.61. The Labute approximate surface area is 182 Å². The zero-order chi connectivity index (χ0) is 20.9. The van der Waals surface area contributed by atoms with Crippen LogP contribution in [-0.4, -0.2) is 35.3 Å². The van der Waals surface area contributed by atoms with Gasteiger partial charge in [0.25, 0.3) is 0 Å². The monoisotopic (exact) mass is 423 g/mol. The molecule has 1 atom stereocenters. The molecule has 0 aliphatic carbocycles. The van der Waals surface area contributed by atoms with E-state index in [1.54, 1.807) is 0 Å². The second kappa shape index (κ2) is 9.37. The number of halogens is 1. The molecular weight excluding hydrogens is 398 g/mol. The first-order chi connectivity index (χ1) is 14.7. The van der Waals surface area contributed by atoms with E-state index >= 15 is 0 Å². The number of nitrogens with one attached hydrogen (secondary N) is 1. The van der Waals surface area contributed by atoms with Gasteiger partial charge in [-0.2, -0.15) is 0 Å². The van der Waals surface area contributed by atoms with Crippen LogP contribution in [0.2, 0.25) is 5.02 Å². The number of urea groups is 1. The van der Waals surface area contributed by atoms with Crippen molar-refractivity contribution in [3.05, 3.63) is 88.7 Å². The van der Waals surface area contributed by atoms with Gasteiger partial charge < -0.3 is 19.5 Å². The number of rotatable bonds is 6. The van der Waals surface area contributed by atoms with Crippen LogP contribution >= 0.6 is 11.6 Å². The summed E-state index contributed by atoms with van der Waals surface area (Å²) in [5.41, 5.74) is 4.28. The van der Waals surface area contributed by atoms with Gasteiger partial charge >= 0.3 is 6.03 Å². The van der Waals surface area contributed by atoms with Crippen LogP contribution < -0.4 is 5.32 Å². The highest BCUT2D eigenvalue weighted by Crippen LogP contribution is 2.36. The van der Waals surface area contributed by atoms with Crippen LogP contribution in [0, 0.1) is 0 Å². The molecule has 1 aromatic heterocycles. The molecular formula is C24H26ClN3O2. The van der Waals surface area contributed by atoms with Crippen LogP contribution in [0.3, 0.4) is 0 Å². The minimum Gasteiger partial charge on any atom is -0.382 e. The molecule has 2 amide bonds. The van der Waals surface area contributed by atoms with E-state index in [4.69, 9.17) is 16.3 Å². The molecule has 0 bridgehead atoms. The van der Waals surface area contributed by atoms with E-state index < -0.39 is 0 Å². The van der Waals surface area contributed by atoms with Gasteiger partial charge in [-0.25, -0.2) is 4.79 Å². The highest BCUT2D eigenvalue weighted by molar-refractivity contribution is 6.30. The maximum atomic E-state index is 13.3. The van der Waals surface area contributed by atoms with Crippen LogP contribution in [-0.2, 0) is 11.3 Å². The van der Waals surface area contributed by atoms with Gasteiger partial charge in [-0.15, -0.1) is 0 Å². The van der Waals surface area contributed by atoms with Crippen LogP contribution in [0.5, 0.6) is 0 Å². The number of benzene rings is 2. The van der Waals surface area contributed by atoms with Crippen molar-refractivity contribution in [1.29, 1.82) is 0 Å². The van der Waals surface area contributed by atoms with Crippen molar-refractivity contribution in [1.82, 2.24) is 14.8 Å². The number of carbonyl (C=O) groups is 1. The maximum Gasteiger partial charge on any atom is 0.318 e. The van der Waals surface area contributed by atoms with Crippen molar-refractivity contribution in [2.45, 2.75) is 25.9 Å². The highest BCUT2D eigenvalue weighted by Gasteiger charge is 2.32. The second-order valence-corrected chi connectivity index (χ2v) is 7.73. The lowest BCUT2D eigenvalue weighted by molar-refractivity contribution is 0.143. The first kappa shape index (κ1) is 20.5. The summed E-state index contributed by atoms with van der Waals surface area (Å²) in [6.07, 6.45) is 2.84. The van der Waals surface area contributed by atoms with Gasteiger partial charge in [0.05, 0.1) is 18.3 Å². The molecule has 0 spiro atoms. The predicted molar refractivity (Wildman–Crippen MR) is 119 cm³/mol. The van der Waals surface area contributed by atoms with Crippen molar-refractivity contribution in [2.24, 2.45) is 0 Å². The van der Waals surface area contributed by atoms with E-state index in [9.17, 15) is 4.79 Å². The summed E-state index contributed by atoms with van der Waals surface area (Å²) in [6.45, 7) is 4.39. The summed E-state index contributed by atoms with van der Waals surface area (Å²) in [4.78, 5) is 15.2. The smallest absolute Gasteiger partial charge is 0.318 e. The quantitative estimate of drug-likeness (QED) is 0.556. The van der Waals surface area contributed by atoms with Crippen molar-refractivity contribution >= 4 is 17.6 Å². The van der Waals surface area contributed by atoms with Gasteiger partial charge in [-0.3, -0.25) is 0 Å². The number of aromatic nitrogens is 1. The maximum absolute atomic E-state index is 13.3. The highest BCUT2D eigenvalue weighted by atomic mass is 35.5. The largest absolute Gasteiger partial charge is 0.382 e. The number of ether oxygens (including phenoxy) is 1. The Hall–Kier alpha value is -2.76. The lowest BCUT2D eigenvalue weighted by Gasteiger charge is -2.31. The standard InChI is InChI=1S/C24H26ClN3O2/c1-2-30-16-6-14-26-24(29)28-17-19-7-3-4-8-21(19)27-15-5-9-22(27)23(28)18-10-12-20(25)13-11-18/h3-5,7-13,15,23H,2,6,14,16-17H2,1H3,(H,26,29). The fraction of sp³-hybridized carbons (Fsp3) is 0.292. The molecule has 4 rings (SSSR count). The summed E-state index contributed by atoms with van der Waals surface area (Å²) < 4.78 is 7.56. The Bertz CT molecular complexity index is 1000. The summed E-state index contributed by atoms with van der Waals surface area (Å²) in [6, 6.07) is 19.8. The number of nitrogens with zero attached hydrogens (tertiary/aromatic N) is 2. The fourth-order valence-electron chi connectivity index (χ4n) is 3.95. The third kappa shape index (κ3) is 4.23. The van der Waals surface area contributed by atoms with Crippen LogP contribution in [0.25, 0.3) is 5.69 Å². The second-order valence-electron chi connectivity index (χ2n) is 7.30. The normalized spacial score (nSPS) is 15.3. The van der Waals surface area contributed by atoms with Gasteiger partial charge in [-0.05, 0) is 54.8 Å². The summed E-state index contributed by atoms with van der Waals surface area (Å²) in [7, 11) is 0. The summed E-state index contributed by atoms with van der Waals surface area (Å²) in [5, 5.41) is 3.75. The lowest BCUT2D eigenvalue weighted by atomic mass is 10.0. The summed E-state index contributed by atoms with van der Waals surface area (Å²) >= 11 is 6.13. The van der Waals surface area contributed by atoms with E-state index in [1.165, 1.54) is 0 Å². The van der Waals surface area contributed by atoms with Crippen molar-refractivity contribution in [2.75, 3.05) is 19.8 Å². The Kier molecular flexibility index (Phi) is 6.41. The van der Waals surface area contributed by atoms with Gasteiger partial charge in [0.1, 0.15) is 0 Å². The molecule has 1 N–H and O–H groups in total. The number of fused-ring (bicyclic) bond motifs is 3. The average Bonchev–Trinajstić information content (AvgIpc) is 3.19. The SMILES string of the molecule is CCOCCCNC(=O)N1Cc2ccccc2-n2cccc2C1c1ccc(Cl)cc1. The Morgan fingerprint density at radius 3 is 2.73 bits per heavy atom. The topological polar surface area (TPSA) is 46.5 Å². The number of amides is 2. The Morgan fingerprint density at radius 2 is 1.93 bits per heavy atom. The minimum atomic E-state index is -0.225. The number of carbonyl (C=O) groups excluding carboxylic acids is 1. The zero-order valence-corrected chi connectivity index (χ0v) is 17.8. The first-order valence-corrected chi connectivity index (χ1v) is 10.7. The number of para-hydroxylation sites is 1. The van der Waals surface area contributed by atoms with Crippen molar-refractivity contribution in [3.63, 3.8) is 0 Å². The third-order valence-electron chi connectivity index (χ3n) is 5.36. The first-order valence-electron chi connectivity index (χ1n) is 10.3. The molecule has 0 saturated carbocycles. The number of hydrogen-bond donors (Lipinski definition) is 1. The molecule has 0 fully saturated rings. The fourth-order valence-corrected chi connectivity index (χ4v) is 4.08.